The van der Waals surface area contributed by atoms with E-state index in [1.807, 2.05) is 48.5 Å². The molecule has 0 saturated heterocycles. The summed E-state index contributed by atoms with van der Waals surface area (Å²) in [5, 5.41) is 6.86. The van der Waals surface area contributed by atoms with Crippen molar-refractivity contribution in [2.24, 2.45) is 0 Å². The normalized spacial score (nSPS) is 10.6. The fraction of sp³-hybridized carbons (Fsp3) is 0.120. The van der Waals surface area contributed by atoms with Crippen LogP contribution in [-0.2, 0) is 16.0 Å². The van der Waals surface area contributed by atoms with E-state index in [0.717, 1.165) is 27.7 Å². The number of esters is 1. The number of urea groups is 1. The minimum Gasteiger partial charge on any atom is -0.466 e. The fourth-order valence-electron chi connectivity index (χ4n) is 3.41. The van der Waals surface area contributed by atoms with E-state index in [2.05, 4.69) is 21.7 Å². The second-order valence-corrected chi connectivity index (χ2v) is 7.07. The van der Waals surface area contributed by atoms with Crippen LogP contribution in [0, 0.1) is 0 Å². The van der Waals surface area contributed by atoms with Crippen molar-refractivity contribution < 1.29 is 14.3 Å². The van der Waals surface area contributed by atoms with Gasteiger partial charge in [0.05, 0.1) is 18.7 Å². The molecular weight excluding hydrogens is 390 g/mol. The second-order valence-electron chi connectivity index (χ2n) is 7.07. The molecule has 0 radical (unpaired) electrons. The van der Waals surface area contributed by atoms with E-state index in [9.17, 15) is 9.59 Å². The molecule has 31 heavy (non-hydrogen) atoms. The van der Waals surface area contributed by atoms with Crippen LogP contribution in [0.2, 0.25) is 0 Å². The SMILES string of the molecule is CCOC(=O)Cc1ccc(NC(=O)Nc2ccccc2-c2cc3ccccc3[nH]2)cc1. The average Bonchev–Trinajstić information content (AvgIpc) is 3.20. The highest BCUT2D eigenvalue weighted by Crippen LogP contribution is 2.30. The first-order valence-corrected chi connectivity index (χ1v) is 10.1. The number of aromatic nitrogens is 1. The van der Waals surface area contributed by atoms with Crippen molar-refractivity contribution in [3.05, 3.63) is 84.4 Å². The molecule has 0 unspecified atom stereocenters. The predicted molar refractivity (Wildman–Crippen MR) is 123 cm³/mol. The van der Waals surface area contributed by atoms with Gasteiger partial charge >= 0.3 is 12.0 Å². The van der Waals surface area contributed by atoms with Gasteiger partial charge in [0, 0.05) is 27.8 Å². The van der Waals surface area contributed by atoms with Crippen LogP contribution in [-0.4, -0.2) is 23.6 Å². The molecule has 4 rings (SSSR count). The first kappa shape index (κ1) is 20.2. The summed E-state index contributed by atoms with van der Waals surface area (Å²) in [7, 11) is 0. The van der Waals surface area contributed by atoms with Gasteiger partial charge in [-0.25, -0.2) is 4.79 Å². The standard InChI is InChI=1S/C25H23N3O3/c1-2-31-24(29)15-17-11-13-19(14-12-17)26-25(30)28-22-10-6-4-8-20(22)23-16-18-7-3-5-9-21(18)27-23/h3-14,16,27H,2,15H2,1H3,(H2,26,28,30). The summed E-state index contributed by atoms with van der Waals surface area (Å²) < 4.78 is 4.95. The number of carbonyl (C=O) groups excluding carboxylic acids is 2. The van der Waals surface area contributed by atoms with Gasteiger partial charge in [0.25, 0.3) is 0 Å². The summed E-state index contributed by atoms with van der Waals surface area (Å²) in [5.74, 6) is -0.269. The van der Waals surface area contributed by atoms with Crippen molar-refractivity contribution in [2.45, 2.75) is 13.3 Å². The number of carbonyl (C=O) groups is 2. The van der Waals surface area contributed by atoms with Crippen molar-refractivity contribution in [3.63, 3.8) is 0 Å². The molecule has 0 aliphatic heterocycles. The van der Waals surface area contributed by atoms with E-state index in [-0.39, 0.29) is 18.4 Å². The minimum atomic E-state index is -0.346. The molecule has 2 amide bonds. The topological polar surface area (TPSA) is 83.2 Å². The Morgan fingerprint density at radius 2 is 1.65 bits per heavy atom. The fourth-order valence-corrected chi connectivity index (χ4v) is 3.41. The van der Waals surface area contributed by atoms with Gasteiger partial charge in [-0.15, -0.1) is 0 Å². The van der Waals surface area contributed by atoms with Crippen molar-refractivity contribution in [1.82, 2.24) is 4.98 Å². The molecular formula is C25H23N3O3. The van der Waals surface area contributed by atoms with Gasteiger partial charge in [-0.05, 0) is 42.8 Å². The molecule has 3 N–H and O–H groups in total. The summed E-state index contributed by atoms with van der Waals surface area (Å²) in [5.41, 5.74) is 5.03. The summed E-state index contributed by atoms with van der Waals surface area (Å²) in [6.07, 6.45) is 0.207. The molecule has 4 aromatic rings. The molecule has 0 spiro atoms. The zero-order valence-electron chi connectivity index (χ0n) is 17.1. The minimum absolute atomic E-state index is 0.207. The van der Waals surface area contributed by atoms with Crippen LogP contribution in [0.3, 0.4) is 0 Å². The van der Waals surface area contributed by atoms with E-state index < -0.39 is 0 Å². The lowest BCUT2D eigenvalue weighted by Crippen LogP contribution is -2.19. The highest BCUT2D eigenvalue weighted by molar-refractivity contribution is 6.02. The number of amides is 2. The molecule has 0 atom stereocenters. The first-order chi connectivity index (χ1) is 15.1. The number of para-hydroxylation sites is 2. The quantitative estimate of drug-likeness (QED) is 0.361. The number of fused-ring (bicyclic) bond motifs is 1. The molecule has 0 saturated carbocycles. The van der Waals surface area contributed by atoms with E-state index in [1.54, 1.807) is 31.2 Å². The molecule has 0 bridgehead atoms. The van der Waals surface area contributed by atoms with Crippen LogP contribution in [0.15, 0.2) is 78.9 Å². The molecule has 3 aromatic carbocycles. The van der Waals surface area contributed by atoms with Gasteiger partial charge in [-0.2, -0.15) is 0 Å². The molecule has 6 heteroatoms. The lowest BCUT2D eigenvalue weighted by Gasteiger charge is -2.11. The van der Waals surface area contributed by atoms with E-state index >= 15 is 0 Å². The van der Waals surface area contributed by atoms with Gasteiger partial charge in [-0.3, -0.25) is 4.79 Å². The molecule has 156 valence electrons. The largest absolute Gasteiger partial charge is 0.466 e. The monoisotopic (exact) mass is 413 g/mol. The van der Waals surface area contributed by atoms with Crippen LogP contribution in [0.5, 0.6) is 0 Å². The van der Waals surface area contributed by atoms with E-state index in [0.29, 0.717) is 18.0 Å². The summed E-state index contributed by atoms with van der Waals surface area (Å²) in [6, 6.07) is 24.5. The second kappa shape index (κ2) is 9.17. The Kier molecular flexibility index (Phi) is 5.98. The predicted octanol–water partition coefficient (Wildman–Crippen LogP) is 5.58. The Balaban J connectivity index is 1.45. The average molecular weight is 413 g/mol. The number of aromatic amines is 1. The number of anilines is 2. The molecule has 0 aliphatic carbocycles. The Labute approximate surface area is 180 Å². The summed E-state index contributed by atoms with van der Waals surface area (Å²) >= 11 is 0. The number of hydrogen-bond donors (Lipinski definition) is 3. The number of nitrogens with one attached hydrogen (secondary N) is 3. The number of H-pyrrole nitrogens is 1. The maximum Gasteiger partial charge on any atom is 0.323 e. The van der Waals surface area contributed by atoms with Crippen LogP contribution in [0.1, 0.15) is 12.5 Å². The molecule has 0 fully saturated rings. The van der Waals surface area contributed by atoms with Crippen molar-refractivity contribution in [3.8, 4) is 11.3 Å². The van der Waals surface area contributed by atoms with E-state index in [4.69, 9.17) is 4.74 Å². The van der Waals surface area contributed by atoms with Gasteiger partial charge in [0.2, 0.25) is 0 Å². The van der Waals surface area contributed by atoms with Crippen LogP contribution < -0.4 is 10.6 Å². The number of ether oxygens (including phenoxy) is 1. The van der Waals surface area contributed by atoms with Crippen molar-refractivity contribution in [2.75, 3.05) is 17.2 Å². The maximum absolute atomic E-state index is 12.6. The van der Waals surface area contributed by atoms with Crippen LogP contribution in [0.4, 0.5) is 16.2 Å². The van der Waals surface area contributed by atoms with E-state index in [1.165, 1.54) is 0 Å². The lowest BCUT2D eigenvalue weighted by atomic mass is 10.1. The molecule has 0 aliphatic rings. The molecule has 1 aromatic heterocycles. The first-order valence-electron chi connectivity index (χ1n) is 10.1. The van der Waals surface area contributed by atoms with Gasteiger partial charge < -0.3 is 20.4 Å². The zero-order chi connectivity index (χ0) is 21.6. The maximum atomic E-state index is 12.6. The van der Waals surface area contributed by atoms with Crippen molar-refractivity contribution >= 4 is 34.3 Å². The van der Waals surface area contributed by atoms with Crippen LogP contribution in [0.25, 0.3) is 22.2 Å². The molecule has 6 nitrogen and oxygen atoms in total. The lowest BCUT2D eigenvalue weighted by molar-refractivity contribution is -0.142. The van der Waals surface area contributed by atoms with Gasteiger partial charge in [-0.1, -0.05) is 48.5 Å². The Morgan fingerprint density at radius 1 is 0.903 bits per heavy atom. The number of benzene rings is 3. The van der Waals surface area contributed by atoms with Crippen molar-refractivity contribution in [1.29, 1.82) is 0 Å². The highest BCUT2D eigenvalue weighted by Gasteiger charge is 2.11. The summed E-state index contributed by atoms with van der Waals surface area (Å²) in [4.78, 5) is 27.6. The molecule has 1 heterocycles. The highest BCUT2D eigenvalue weighted by atomic mass is 16.5. The third-order valence-electron chi connectivity index (χ3n) is 4.86. The third-order valence-corrected chi connectivity index (χ3v) is 4.86. The Hall–Kier alpha value is -4.06. The van der Waals surface area contributed by atoms with Crippen LogP contribution >= 0.6 is 0 Å². The number of rotatable bonds is 6. The smallest absolute Gasteiger partial charge is 0.323 e. The van der Waals surface area contributed by atoms with Gasteiger partial charge in [0.15, 0.2) is 0 Å². The third kappa shape index (κ3) is 4.93. The number of hydrogen-bond acceptors (Lipinski definition) is 3. The van der Waals surface area contributed by atoms with Gasteiger partial charge in [0.1, 0.15) is 0 Å². The summed E-state index contributed by atoms with van der Waals surface area (Å²) in [6.45, 7) is 2.14. The zero-order valence-corrected chi connectivity index (χ0v) is 17.1. The Morgan fingerprint density at radius 3 is 2.42 bits per heavy atom. The Bertz CT molecular complexity index is 1180.